The first kappa shape index (κ1) is 15.1. The average molecular weight is 337 g/mol. The molecule has 2 aromatic rings. The van der Waals surface area contributed by atoms with Crippen LogP contribution in [0.2, 0.25) is 0 Å². The summed E-state index contributed by atoms with van der Waals surface area (Å²) in [5.41, 5.74) is 2.27. The predicted octanol–water partition coefficient (Wildman–Crippen LogP) is 1.95. The quantitative estimate of drug-likeness (QED) is 0.556. The molecule has 8 heteroatoms. The van der Waals surface area contributed by atoms with Crippen LogP contribution in [0.25, 0.3) is 22.3 Å². The van der Waals surface area contributed by atoms with Crippen molar-refractivity contribution in [2.75, 3.05) is 7.11 Å². The van der Waals surface area contributed by atoms with E-state index in [0.717, 1.165) is 16.9 Å². The largest absolute Gasteiger partial charge is 0.465 e. The summed E-state index contributed by atoms with van der Waals surface area (Å²) in [5.74, 6) is 0.167. The molecule has 0 saturated heterocycles. The lowest BCUT2D eigenvalue weighted by molar-refractivity contribution is 0.0600. The van der Waals surface area contributed by atoms with Gasteiger partial charge < -0.3 is 14.3 Å². The number of pyridine rings is 1. The van der Waals surface area contributed by atoms with Crippen LogP contribution in [-0.4, -0.2) is 37.8 Å². The fourth-order valence-corrected chi connectivity index (χ4v) is 2.85. The molecule has 0 bridgehead atoms. The van der Waals surface area contributed by atoms with Gasteiger partial charge in [0, 0.05) is 12.4 Å². The van der Waals surface area contributed by atoms with Crippen LogP contribution >= 0.6 is 0 Å². The summed E-state index contributed by atoms with van der Waals surface area (Å²) < 4.78 is 6.56. The molecule has 1 atom stereocenters. The monoisotopic (exact) mass is 337 g/mol. The number of hydrogen-bond donors (Lipinski definition) is 2. The summed E-state index contributed by atoms with van der Waals surface area (Å²) in [6.07, 6.45) is 3.28. The molecule has 25 heavy (non-hydrogen) atoms. The lowest BCUT2D eigenvalue weighted by atomic mass is 10.1. The van der Waals surface area contributed by atoms with Gasteiger partial charge in [0.15, 0.2) is 0 Å². The topological polar surface area (TPSA) is 106 Å². The number of aromatic nitrogens is 5. The molecule has 4 rings (SSSR count). The van der Waals surface area contributed by atoms with Crippen LogP contribution in [0.5, 0.6) is 0 Å². The molecule has 126 valence electrons. The zero-order valence-corrected chi connectivity index (χ0v) is 13.6. The Morgan fingerprint density at radius 3 is 2.84 bits per heavy atom. The molecular formula is C17H15N5O3. The standard InChI is InChI=1S/C17H15N5O3/c1-9(15-18-12-5-3-4-6-13(12)19-15)22-7-10-14(20-21-16(10)23)11(8-22)17(24)25-2/h3-9H,1-2H3,(H,18,19)(H,21,23). The van der Waals surface area contributed by atoms with Crippen molar-refractivity contribution in [3.63, 3.8) is 0 Å². The SMILES string of the molecule is COC(=O)c1cn(C(C)c2nc3ccccc3[nH]2)cc2c(=O)[nH]nc1-2. The normalized spacial score (nSPS) is 12.6. The van der Waals surface area contributed by atoms with Crippen LogP contribution in [0.3, 0.4) is 0 Å². The molecule has 3 heterocycles. The Hall–Kier alpha value is -3.42. The number of nitrogens with one attached hydrogen (secondary N) is 2. The summed E-state index contributed by atoms with van der Waals surface area (Å²) in [4.78, 5) is 31.9. The van der Waals surface area contributed by atoms with E-state index in [0.29, 0.717) is 11.3 Å². The molecular weight excluding hydrogens is 322 g/mol. The molecule has 1 unspecified atom stereocenters. The second kappa shape index (κ2) is 5.59. The number of rotatable bonds is 3. The van der Waals surface area contributed by atoms with Gasteiger partial charge in [0.1, 0.15) is 17.1 Å². The summed E-state index contributed by atoms with van der Waals surface area (Å²) in [7, 11) is 1.29. The first-order valence-corrected chi connectivity index (χ1v) is 7.71. The molecule has 2 aliphatic heterocycles. The number of ether oxygens (including phenoxy) is 1. The van der Waals surface area contributed by atoms with Crippen LogP contribution in [0, 0.1) is 0 Å². The van der Waals surface area contributed by atoms with E-state index in [9.17, 15) is 9.59 Å². The van der Waals surface area contributed by atoms with Crippen molar-refractivity contribution in [2.45, 2.75) is 13.0 Å². The van der Waals surface area contributed by atoms with Gasteiger partial charge in [-0.2, -0.15) is 5.10 Å². The number of H-pyrrole nitrogens is 2. The van der Waals surface area contributed by atoms with Crippen LogP contribution in [0.15, 0.2) is 41.5 Å². The number of esters is 1. The number of aromatic amines is 2. The van der Waals surface area contributed by atoms with Crippen LogP contribution in [-0.2, 0) is 4.74 Å². The molecule has 0 spiro atoms. The highest BCUT2D eigenvalue weighted by Gasteiger charge is 2.24. The van der Waals surface area contributed by atoms with E-state index in [4.69, 9.17) is 4.74 Å². The minimum absolute atomic E-state index is 0.223. The maximum atomic E-state index is 12.1. The molecule has 2 N–H and O–H groups in total. The van der Waals surface area contributed by atoms with E-state index in [1.54, 1.807) is 17.0 Å². The highest BCUT2D eigenvalue weighted by molar-refractivity contribution is 5.96. The minimum atomic E-state index is -0.553. The molecule has 0 radical (unpaired) electrons. The summed E-state index contributed by atoms with van der Waals surface area (Å²) in [6.45, 7) is 1.93. The maximum Gasteiger partial charge on any atom is 0.341 e. The van der Waals surface area contributed by atoms with E-state index in [-0.39, 0.29) is 17.2 Å². The van der Waals surface area contributed by atoms with Crippen LogP contribution < -0.4 is 5.56 Å². The minimum Gasteiger partial charge on any atom is -0.465 e. The summed E-state index contributed by atoms with van der Waals surface area (Å²) >= 11 is 0. The number of benzene rings is 1. The number of imidazole rings is 1. The van der Waals surface area contributed by atoms with Gasteiger partial charge in [0.2, 0.25) is 0 Å². The Balaban J connectivity index is 1.87. The Labute approximate surface area is 141 Å². The number of carbonyl (C=O) groups excluding carboxylic acids is 1. The third-order valence-electron chi connectivity index (χ3n) is 4.24. The fraction of sp³-hybridized carbons (Fsp3) is 0.176. The van der Waals surface area contributed by atoms with E-state index in [2.05, 4.69) is 20.2 Å². The van der Waals surface area contributed by atoms with Gasteiger partial charge in [-0.1, -0.05) is 12.1 Å². The van der Waals surface area contributed by atoms with Crippen molar-refractivity contribution in [1.29, 1.82) is 0 Å². The Kier molecular flexibility index (Phi) is 3.38. The zero-order valence-electron chi connectivity index (χ0n) is 13.6. The predicted molar refractivity (Wildman–Crippen MR) is 90.7 cm³/mol. The van der Waals surface area contributed by atoms with Crippen molar-refractivity contribution < 1.29 is 9.53 Å². The third kappa shape index (κ3) is 2.38. The van der Waals surface area contributed by atoms with Gasteiger partial charge in [-0.3, -0.25) is 4.79 Å². The van der Waals surface area contributed by atoms with E-state index in [1.807, 2.05) is 31.2 Å². The van der Waals surface area contributed by atoms with E-state index >= 15 is 0 Å². The number of fused-ring (bicyclic) bond motifs is 2. The highest BCUT2D eigenvalue weighted by atomic mass is 16.5. The number of nitrogens with zero attached hydrogens (tertiary/aromatic N) is 3. The number of para-hydroxylation sites is 2. The first-order valence-electron chi connectivity index (χ1n) is 7.71. The molecule has 0 fully saturated rings. The summed E-state index contributed by atoms with van der Waals surface area (Å²) in [5, 5.41) is 6.29. The number of carbonyl (C=O) groups is 1. The first-order chi connectivity index (χ1) is 12.1. The fourth-order valence-electron chi connectivity index (χ4n) is 2.85. The summed E-state index contributed by atoms with van der Waals surface area (Å²) in [6, 6.07) is 7.48. The van der Waals surface area contributed by atoms with E-state index in [1.165, 1.54) is 7.11 Å². The van der Waals surface area contributed by atoms with Gasteiger partial charge in [-0.05, 0) is 19.1 Å². The molecule has 1 aromatic carbocycles. The molecule has 8 nitrogen and oxygen atoms in total. The Bertz CT molecular complexity index is 1070. The van der Waals surface area contributed by atoms with Crippen molar-refractivity contribution in [3.8, 4) is 11.3 Å². The van der Waals surface area contributed by atoms with Gasteiger partial charge in [0.25, 0.3) is 5.56 Å². The second-order valence-corrected chi connectivity index (χ2v) is 5.74. The van der Waals surface area contributed by atoms with Gasteiger partial charge in [-0.15, -0.1) is 0 Å². The lowest BCUT2D eigenvalue weighted by Gasteiger charge is -2.16. The Morgan fingerprint density at radius 2 is 2.08 bits per heavy atom. The molecule has 0 saturated carbocycles. The average Bonchev–Trinajstić information content (AvgIpc) is 3.23. The molecule has 0 amide bonds. The molecule has 1 aromatic heterocycles. The highest BCUT2D eigenvalue weighted by Crippen LogP contribution is 2.25. The molecule has 2 aliphatic rings. The van der Waals surface area contributed by atoms with Crippen molar-refractivity contribution >= 4 is 17.0 Å². The van der Waals surface area contributed by atoms with Gasteiger partial charge in [-0.25, -0.2) is 14.9 Å². The molecule has 0 aliphatic carbocycles. The number of hydrogen-bond acceptors (Lipinski definition) is 5. The smallest absolute Gasteiger partial charge is 0.341 e. The third-order valence-corrected chi connectivity index (χ3v) is 4.24. The van der Waals surface area contributed by atoms with Gasteiger partial charge >= 0.3 is 5.97 Å². The van der Waals surface area contributed by atoms with Crippen molar-refractivity contribution in [2.24, 2.45) is 0 Å². The van der Waals surface area contributed by atoms with Crippen molar-refractivity contribution in [3.05, 3.63) is 58.4 Å². The van der Waals surface area contributed by atoms with Crippen LogP contribution in [0.4, 0.5) is 0 Å². The Morgan fingerprint density at radius 1 is 1.28 bits per heavy atom. The maximum absolute atomic E-state index is 12.1. The lowest BCUT2D eigenvalue weighted by Crippen LogP contribution is -2.15. The van der Waals surface area contributed by atoms with Gasteiger partial charge in [0.05, 0.1) is 29.7 Å². The zero-order chi connectivity index (χ0) is 17.6. The van der Waals surface area contributed by atoms with Crippen molar-refractivity contribution in [1.82, 2.24) is 24.7 Å². The number of methoxy groups -OCH3 is 1. The van der Waals surface area contributed by atoms with Crippen LogP contribution in [0.1, 0.15) is 29.1 Å². The van der Waals surface area contributed by atoms with E-state index < -0.39 is 5.97 Å². The second-order valence-electron chi connectivity index (χ2n) is 5.74.